The first-order valence-corrected chi connectivity index (χ1v) is 9.86. The summed E-state index contributed by atoms with van der Waals surface area (Å²) >= 11 is 1.36. The molecule has 0 spiro atoms. The molecule has 7 heteroatoms. The highest BCUT2D eigenvalue weighted by Gasteiger charge is 2.24. The highest BCUT2D eigenvalue weighted by molar-refractivity contribution is 8.00. The van der Waals surface area contributed by atoms with Gasteiger partial charge in [0.25, 0.3) is 0 Å². The highest BCUT2D eigenvalue weighted by atomic mass is 32.2. The summed E-state index contributed by atoms with van der Waals surface area (Å²) in [5.41, 5.74) is 3.43. The van der Waals surface area contributed by atoms with Crippen LogP contribution in [0.25, 0.3) is 0 Å². The average molecular weight is 381 g/mol. The summed E-state index contributed by atoms with van der Waals surface area (Å²) in [6, 6.07) is 9.48. The SMILES string of the molecule is CCC(Sc1nc2c(cc1C#N)CCC2)C(=O)Nc1ccc2c(c1)OCO2. The normalized spacial score (nSPS) is 15.1. The number of amides is 1. The van der Waals surface area contributed by atoms with Gasteiger partial charge in [0, 0.05) is 17.4 Å². The van der Waals surface area contributed by atoms with E-state index in [2.05, 4.69) is 16.4 Å². The molecule has 27 heavy (non-hydrogen) atoms. The van der Waals surface area contributed by atoms with Crippen molar-refractivity contribution in [1.29, 1.82) is 5.26 Å². The quantitative estimate of drug-likeness (QED) is 0.796. The molecule has 1 atom stereocenters. The summed E-state index contributed by atoms with van der Waals surface area (Å²) in [4.78, 5) is 17.4. The minimum absolute atomic E-state index is 0.118. The molecule has 1 amide bonds. The van der Waals surface area contributed by atoms with E-state index in [0.29, 0.717) is 34.2 Å². The number of anilines is 1. The molecule has 1 aromatic heterocycles. The lowest BCUT2D eigenvalue weighted by molar-refractivity contribution is -0.115. The van der Waals surface area contributed by atoms with Crippen molar-refractivity contribution in [3.63, 3.8) is 0 Å². The third-order valence-corrected chi connectivity index (χ3v) is 6.06. The van der Waals surface area contributed by atoms with E-state index in [1.165, 1.54) is 11.8 Å². The van der Waals surface area contributed by atoms with Crippen LogP contribution in [0.1, 0.15) is 36.6 Å². The minimum Gasteiger partial charge on any atom is -0.454 e. The summed E-state index contributed by atoms with van der Waals surface area (Å²) in [5.74, 6) is 1.18. The fourth-order valence-electron chi connectivity index (χ4n) is 3.28. The van der Waals surface area contributed by atoms with E-state index in [-0.39, 0.29) is 18.0 Å². The van der Waals surface area contributed by atoms with Crippen molar-refractivity contribution in [2.24, 2.45) is 0 Å². The molecular weight excluding hydrogens is 362 g/mol. The number of carbonyl (C=O) groups excluding carboxylic acids is 1. The number of nitrogens with one attached hydrogen (secondary N) is 1. The smallest absolute Gasteiger partial charge is 0.237 e. The van der Waals surface area contributed by atoms with E-state index in [4.69, 9.17) is 9.47 Å². The summed E-state index contributed by atoms with van der Waals surface area (Å²) in [6.07, 6.45) is 3.62. The van der Waals surface area contributed by atoms with Gasteiger partial charge in [-0.05, 0) is 49.4 Å². The summed E-state index contributed by atoms with van der Waals surface area (Å²) in [6.45, 7) is 2.15. The second-order valence-electron chi connectivity index (χ2n) is 6.48. The molecule has 6 nitrogen and oxygen atoms in total. The Bertz CT molecular complexity index is 939. The molecule has 138 valence electrons. The Balaban J connectivity index is 1.51. The fraction of sp³-hybridized carbons (Fsp3) is 0.350. The molecule has 0 fully saturated rings. The van der Waals surface area contributed by atoms with Gasteiger partial charge in [0.2, 0.25) is 12.7 Å². The summed E-state index contributed by atoms with van der Waals surface area (Å²) in [5, 5.41) is 12.7. The van der Waals surface area contributed by atoms with E-state index in [0.717, 1.165) is 30.5 Å². The molecule has 2 aromatic rings. The highest BCUT2D eigenvalue weighted by Crippen LogP contribution is 2.35. The van der Waals surface area contributed by atoms with Crippen LogP contribution in [-0.4, -0.2) is 22.9 Å². The number of pyridine rings is 1. The van der Waals surface area contributed by atoms with Crippen molar-refractivity contribution >= 4 is 23.4 Å². The lowest BCUT2D eigenvalue weighted by atomic mass is 10.2. The molecule has 2 heterocycles. The number of aryl methyl sites for hydroxylation is 2. The molecule has 0 saturated heterocycles. The number of hydrogen-bond acceptors (Lipinski definition) is 6. The monoisotopic (exact) mass is 381 g/mol. The van der Waals surface area contributed by atoms with E-state index in [1.807, 2.05) is 13.0 Å². The summed E-state index contributed by atoms with van der Waals surface area (Å²) in [7, 11) is 0. The first-order chi connectivity index (χ1) is 13.2. The van der Waals surface area contributed by atoms with Crippen LogP contribution in [0.3, 0.4) is 0 Å². The van der Waals surface area contributed by atoms with Crippen LogP contribution in [0.2, 0.25) is 0 Å². The van der Waals surface area contributed by atoms with Crippen LogP contribution in [0.5, 0.6) is 11.5 Å². The molecule has 2 aliphatic rings. The lowest BCUT2D eigenvalue weighted by Crippen LogP contribution is -2.24. The van der Waals surface area contributed by atoms with Gasteiger partial charge in [-0.25, -0.2) is 4.98 Å². The van der Waals surface area contributed by atoms with Crippen LogP contribution in [-0.2, 0) is 17.6 Å². The second kappa shape index (κ2) is 7.49. The van der Waals surface area contributed by atoms with E-state index < -0.39 is 0 Å². The molecule has 4 rings (SSSR count). The van der Waals surface area contributed by atoms with Crippen molar-refractivity contribution in [3.8, 4) is 17.6 Å². The molecular formula is C20H19N3O3S. The lowest BCUT2D eigenvalue weighted by Gasteiger charge is -2.16. The topological polar surface area (TPSA) is 84.2 Å². The Hall–Kier alpha value is -2.72. The predicted molar refractivity (Wildman–Crippen MR) is 102 cm³/mol. The molecule has 1 N–H and O–H groups in total. The van der Waals surface area contributed by atoms with Crippen LogP contribution in [0, 0.1) is 11.3 Å². The maximum atomic E-state index is 12.8. The molecule has 0 radical (unpaired) electrons. The van der Waals surface area contributed by atoms with Gasteiger partial charge in [-0.15, -0.1) is 0 Å². The van der Waals surface area contributed by atoms with Crippen LogP contribution < -0.4 is 14.8 Å². The molecule has 0 saturated carbocycles. The summed E-state index contributed by atoms with van der Waals surface area (Å²) < 4.78 is 10.6. The van der Waals surface area contributed by atoms with Crippen LogP contribution in [0.15, 0.2) is 29.3 Å². The maximum Gasteiger partial charge on any atom is 0.237 e. The number of thioether (sulfide) groups is 1. The fourth-order valence-corrected chi connectivity index (χ4v) is 4.27. The minimum atomic E-state index is -0.338. The second-order valence-corrected chi connectivity index (χ2v) is 7.68. The van der Waals surface area contributed by atoms with Gasteiger partial charge in [0.05, 0.1) is 10.8 Å². The number of aromatic nitrogens is 1. The first-order valence-electron chi connectivity index (χ1n) is 8.98. The van der Waals surface area contributed by atoms with Gasteiger partial charge in [-0.3, -0.25) is 4.79 Å². The molecule has 0 bridgehead atoms. The molecule has 1 aromatic carbocycles. The van der Waals surface area contributed by atoms with Crippen molar-refractivity contribution in [1.82, 2.24) is 4.98 Å². The average Bonchev–Trinajstić information content (AvgIpc) is 3.33. The Labute approximate surface area is 161 Å². The van der Waals surface area contributed by atoms with Crippen LogP contribution >= 0.6 is 11.8 Å². The van der Waals surface area contributed by atoms with Gasteiger partial charge in [0.1, 0.15) is 11.1 Å². The zero-order chi connectivity index (χ0) is 18.8. The van der Waals surface area contributed by atoms with Gasteiger partial charge in [0.15, 0.2) is 11.5 Å². The number of benzene rings is 1. The zero-order valence-corrected chi connectivity index (χ0v) is 15.8. The molecule has 1 aliphatic heterocycles. The third-order valence-electron chi connectivity index (χ3n) is 4.69. The number of carbonyl (C=O) groups is 1. The van der Waals surface area contributed by atoms with Crippen molar-refractivity contribution in [2.75, 3.05) is 12.1 Å². The van der Waals surface area contributed by atoms with Crippen LogP contribution in [0.4, 0.5) is 5.69 Å². The standard InChI is InChI=1S/C20H19N3O3S/c1-2-18(19(24)22-14-6-7-16-17(9-14)26-11-25-16)27-20-13(10-21)8-12-4-3-5-15(12)23-20/h6-9,18H,2-5,11H2,1H3,(H,22,24). The van der Waals surface area contributed by atoms with Gasteiger partial charge in [-0.1, -0.05) is 18.7 Å². The first kappa shape index (κ1) is 17.7. The molecule has 1 aliphatic carbocycles. The largest absolute Gasteiger partial charge is 0.454 e. The number of hydrogen-bond donors (Lipinski definition) is 1. The maximum absolute atomic E-state index is 12.8. The molecule has 1 unspecified atom stereocenters. The Kier molecular flexibility index (Phi) is 4.90. The number of fused-ring (bicyclic) bond motifs is 2. The third kappa shape index (κ3) is 3.58. The van der Waals surface area contributed by atoms with Crippen molar-refractivity contribution in [2.45, 2.75) is 42.9 Å². The van der Waals surface area contributed by atoms with Gasteiger partial charge < -0.3 is 14.8 Å². The Morgan fingerprint density at radius 2 is 2.19 bits per heavy atom. The number of rotatable bonds is 5. The van der Waals surface area contributed by atoms with E-state index in [9.17, 15) is 10.1 Å². The number of nitrogens with zero attached hydrogens (tertiary/aromatic N) is 2. The van der Waals surface area contributed by atoms with Gasteiger partial charge in [-0.2, -0.15) is 5.26 Å². The van der Waals surface area contributed by atoms with Crippen molar-refractivity contribution < 1.29 is 14.3 Å². The Morgan fingerprint density at radius 1 is 1.33 bits per heavy atom. The number of ether oxygens (including phenoxy) is 2. The zero-order valence-electron chi connectivity index (χ0n) is 14.9. The van der Waals surface area contributed by atoms with E-state index in [1.54, 1.807) is 18.2 Å². The van der Waals surface area contributed by atoms with Gasteiger partial charge >= 0.3 is 0 Å². The van der Waals surface area contributed by atoms with E-state index >= 15 is 0 Å². The number of nitriles is 1. The van der Waals surface area contributed by atoms with Crippen molar-refractivity contribution in [3.05, 3.63) is 41.1 Å². The predicted octanol–water partition coefficient (Wildman–Crippen LogP) is 3.68. The Morgan fingerprint density at radius 3 is 3.00 bits per heavy atom.